The minimum absolute atomic E-state index is 0.172. The van der Waals surface area contributed by atoms with Crippen molar-refractivity contribution in [3.8, 4) is 0 Å². The highest BCUT2D eigenvalue weighted by atomic mass is 32.2. The molecule has 0 aliphatic carbocycles. The molecular weight excluding hydrogens is 298 g/mol. The van der Waals surface area contributed by atoms with Crippen LogP contribution in [0.4, 0.5) is 0 Å². The first-order valence-corrected chi connectivity index (χ1v) is 10.4. The lowest BCUT2D eigenvalue weighted by Crippen LogP contribution is -2.38. The van der Waals surface area contributed by atoms with Crippen molar-refractivity contribution in [2.45, 2.75) is 96.5 Å². The minimum Gasteiger partial charge on any atom is -0.291 e. The van der Waals surface area contributed by atoms with E-state index in [0.717, 1.165) is 19.3 Å². The Hall–Kier alpha value is -0.130. The normalized spacial score (nSPS) is 15.2. The van der Waals surface area contributed by atoms with Crippen LogP contribution in [0.25, 0.3) is 0 Å². The van der Waals surface area contributed by atoms with E-state index in [9.17, 15) is 8.42 Å². The summed E-state index contributed by atoms with van der Waals surface area (Å²) < 4.78 is 30.1. The molecule has 0 amide bonds. The molecule has 0 bridgehead atoms. The van der Waals surface area contributed by atoms with Crippen LogP contribution < -0.4 is 0 Å². The largest absolute Gasteiger partial charge is 0.291 e. The van der Waals surface area contributed by atoms with Crippen molar-refractivity contribution in [3.63, 3.8) is 0 Å². The van der Waals surface area contributed by atoms with E-state index in [1.165, 1.54) is 38.5 Å². The maximum Gasteiger partial charge on any atom is 0.283 e. The number of unbranched alkanes of at least 4 members (excludes halogenated alkanes) is 6. The third-order valence-corrected chi connectivity index (χ3v) is 6.08. The predicted molar refractivity (Wildman–Crippen MR) is 94.5 cm³/mol. The maximum absolute atomic E-state index is 12.3. The fraction of sp³-hybridized carbons (Fsp3) is 1.00. The van der Waals surface area contributed by atoms with Gasteiger partial charge < -0.3 is 0 Å². The van der Waals surface area contributed by atoms with Crippen LogP contribution in [0.15, 0.2) is 0 Å². The van der Waals surface area contributed by atoms with Gasteiger partial charge in [-0.05, 0) is 33.4 Å². The summed E-state index contributed by atoms with van der Waals surface area (Å²) in [5.74, 6) is 0. The molecule has 0 heterocycles. The van der Waals surface area contributed by atoms with Crippen molar-refractivity contribution in [1.82, 2.24) is 4.90 Å². The lowest BCUT2D eigenvalue weighted by atomic mass is 10.1. The molecule has 0 aromatic heterocycles. The van der Waals surface area contributed by atoms with Crippen LogP contribution in [0, 0.1) is 0 Å². The Morgan fingerprint density at radius 1 is 0.864 bits per heavy atom. The molecule has 0 radical (unpaired) electrons. The molecule has 2 unspecified atom stereocenters. The molecule has 5 heteroatoms. The average Bonchev–Trinajstić information content (AvgIpc) is 2.44. The molecule has 0 aliphatic heterocycles. The molecule has 2 atom stereocenters. The second-order valence-electron chi connectivity index (χ2n) is 6.36. The monoisotopic (exact) mass is 335 g/mol. The standard InChI is InChI=1S/C17H37NO3S/c1-6-9-10-11-12-13-14-15-16(7-2)21-22(19,20)17(8-3)18(4)5/h16-17H,6-15H2,1-5H3. The second-order valence-corrected chi connectivity index (χ2v) is 8.08. The minimum atomic E-state index is -3.51. The van der Waals surface area contributed by atoms with Gasteiger partial charge in [0.25, 0.3) is 10.1 Å². The van der Waals surface area contributed by atoms with Gasteiger partial charge in [-0.1, -0.05) is 65.7 Å². The topological polar surface area (TPSA) is 46.6 Å². The Bertz CT molecular complexity index is 355. The van der Waals surface area contributed by atoms with Gasteiger partial charge in [0, 0.05) is 0 Å². The fourth-order valence-corrected chi connectivity index (χ4v) is 4.40. The number of hydrogen-bond donors (Lipinski definition) is 0. The first-order chi connectivity index (χ1) is 10.4. The zero-order valence-corrected chi connectivity index (χ0v) is 16.1. The Morgan fingerprint density at radius 2 is 1.41 bits per heavy atom. The highest BCUT2D eigenvalue weighted by molar-refractivity contribution is 7.87. The molecule has 0 aromatic carbocycles. The van der Waals surface area contributed by atoms with Crippen LogP contribution in [0.2, 0.25) is 0 Å². The predicted octanol–water partition coefficient (Wildman–Crippen LogP) is 4.55. The molecule has 134 valence electrons. The van der Waals surface area contributed by atoms with E-state index in [4.69, 9.17) is 4.18 Å². The summed E-state index contributed by atoms with van der Waals surface area (Å²) in [5, 5.41) is -0.546. The zero-order valence-electron chi connectivity index (χ0n) is 15.3. The Morgan fingerprint density at radius 3 is 1.86 bits per heavy atom. The first kappa shape index (κ1) is 21.9. The summed E-state index contributed by atoms with van der Waals surface area (Å²) in [7, 11) is 0.0563. The second kappa shape index (κ2) is 12.3. The van der Waals surface area contributed by atoms with Crippen LogP contribution in [0.5, 0.6) is 0 Å². The lowest BCUT2D eigenvalue weighted by Gasteiger charge is -2.25. The van der Waals surface area contributed by atoms with E-state index in [-0.39, 0.29) is 6.10 Å². The smallest absolute Gasteiger partial charge is 0.283 e. The fourth-order valence-electron chi connectivity index (χ4n) is 2.73. The van der Waals surface area contributed by atoms with Crippen molar-refractivity contribution in [3.05, 3.63) is 0 Å². The molecule has 0 fully saturated rings. The van der Waals surface area contributed by atoms with Crippen molar-refractivity contribution in [1.29, 1.82) is 0 Å². The Kier molecular flexibility index (Phi) is 12.2. The van der Waals surface area contributed by atoms with Gasteiger partial charge in [-0.15, -0.1) is 0 Å². The Balaban J connectivity index is 4.15. The summed E-state index contributed by atoms with van der Waals surface area (Å²) in [5.41, 5.74) is 0. The molecule has 0 spiro atoms. The van der Waals surface area contributed by atoms with Crippen LogP contribution in [0.1, 0.15) is 85.0 Å². The van der Waals surface area contributed by atoms with Crippen LogP contribution in [-0.4, -0.2) is 38.9 Å². The molecule has 0 rings (SSSR count). The van der Waals surface area contributed by atoms with Gasteiger partial charge in [-0.25, -0.2) is 0 Å². The Labute approximate surface area is 138 Å². The summed E-state index contributed by atoms with van der Waals surface area (Å²) in [6, 6.07) is 0. The van der Waals surface area contributed by atoms with Crippen molar-refractivity contribution in [2.75, 3.05) is 14.1 Å². The number of nitrogens with zero attached hydrogens (tertiary/aromatic N) is 1. The van der Waals surface area contributed by atoms with Crippen LogP contribution in [0.3, 0.4) is 0 Å². The van der Waals surface area contributed by atoms with Gasteiger partial charge in [0.05, 0.1) is 6.10 Å². The molecule has 22 heavy (non-hydrogen) atoms. The summed E-state index contributed by atoms with van der Waals surface area (Å²) in [6.07, 6.45) is 10.6. The van der Waals surface area contributed by atoms with Crippen LogP contribution in [-0.2, 0) is 14.3 Å². The van der Waals surface area contributed by atoms with Crippen molar-refractivity contribution < 1.29 is 12.6 Å². The quantitative estimate of drug-likeness (QED) is 0.345. The third-order valence-electron chi connectivity index (χ3n) is 4.11. The van der Waals surface area contributed by atoms with Gasteiger partial charge in [-0.3, -0.25) is 9.08 Å². The van der Waals surface area contributed by atoms with Crippen molar-refractivity contribution in [2.24, 2.45) is 0 Å². The van der Waals surface area contributed by atoms with Crippen molar-refractivity contribution >= 4 is 10.1 Å². The average molecular weight is 336 g/mol. The molecule has 0 N–H and O–H groups in total. The number of hydrogen-bond acceptors (Lipinski definition) is 4. The molecule has 0 aromatic rings. The van der Waals surface area contributed by atoms with E-state index in [2.05, 4.69) is 6.92 Å². The van der Waals surface area contributed by atoms with Gasteiger partial charge in [0.1, 0.15) is 5.37 Å². The molecule has 0 aliphatic rings. The third kappa shape index (κ3) is 9.11. The maximum atomic E-state index is 12.3. The first-order valence-electron chi connectivity index (χ1n) is 8.97. The molecule has 4 nitrogen and oxygen atoms in total. The van der Waals surface area contributed by atoms with Gasteiger partial charge >= 0.3 is 0 Å². The number of rotatable bonds is 14. The zero-order chi connectivity index (χ0) is 17.0. The SMILES string of the molecule is CCCCCCCCCC(CC)OS(=O)(=O)C(CC)N(C)C. The van der Waals surface area contributed by atoms with E-state index in [1.54, 1.807) is 19.0 Å². The highest BCUT2D eigenvalue weighted by Crippen LogP contribution is 2.19. The van der Waals surface area contributed by atoms with E-state index in [1.807, 2.05) is 13.8 Å². The van der Waals surface area contributed by atoms with Gasteiger partial charge in [0.15, 0.2) is 0 Å². The summed E-state index contributed by atoms with van der Waals surface area (Å²) in [6.45, 7) is 6.10. The summed E-state index contributed by atoms with van der Waals surface area (Å²) in [4.78, 5) is 1.72. The van der Waals surface area contributed by atoms with E-state index >= 15 is 0 Å². The van der Waals surface area contributed by atoms with E-state index in [0.29, 0.717) is 6.42 Å². The summed E-state index contributed by atoms with van der Waals surface area (Å²) >= 11 is 0. The van der Waals surface area contributed by atoms with Crippen LogP contribution >= 0.6 is 0 Å². The van der Waals surface area contributed by atoms with Gasteiger partial charge in [-0.2, -0.15) is 8.42 Å². The lowest BCUT2D eigenvalue weighted by molar-refractivity contribution is 0.176. The molecular formula is C17H37NO3S. The van der Waals surface area contributed by atoms with E-state index < -0.39 is 15.5 Å². The molecule has 0 saturated carbocycles. The van der Waals surface area contributed by atoms with Gasteiger partial charge in [0.2, 0.25) is 0 Å². The highest BCUT2D eigenvalue weighted by Gasteiger charge is 2.29. The molecule has 0 saturated heterocycles.